The Labute approximate surface area is 152 Å². The van der Waals surface area contributed by atoms with Crippen LogP contribution in [0.3, 0.4) is 0 Å². The Balaban J connectivity index is 1.80. The van der Waals surface area contributed by atoms with Crippen molar-refractivity contribution in [2.75, 3.05) is 5.32 Å². The number of halogens is 2. The summed E-state index contributed by atoms with van der Waals surface area (Å²) < 4.78 is 6.34. The van der Waals surface area contributed by atoms with E-state index in [0.717, 1.165) is 14.7 Å². The number of hydrogen-bond donors (Lipinski definition) is 1. The molecule has 6 heteroatoms. The summed E-state index contributed by atoms with van der Waals surface area (Å²) in [5, 5.41) is 3.35. The van der Waals surface area contributed by atoms with Gasteiger partial charge in [0.25, 0.3) is 5.91 Å². The van der Waals surface area contributed by atoms with E-state index in [1.165, 1.54) is 0 Å². The number of benzene rings is 2. The summed E-state index contributed by atoms with van der Waals surface area (Å²) in [6, 6.07) is 10.7. The number of anilines is 1. The maximum Gasteiger partial charge on any atom is 0.339 e. The molecule has 118 valence electrons. The molecule has 1 amide bonds. The minimum Gasteiger partial charge on any atom is -0.448 e. The molecule has 0 spiro atoms. The predicted octanol–water partition coefficient (Wildman–Crippen LogP) is 3.97. The highest BCUT2D eigenvalue weighted by Gasteiger charge is 2.31. The monoisotopic (exact) mass is 441 g/mol. The van der Waals surface area contributed by atoms with E-state index >= 15 is 0 Å². The topological polar surface area (TPSA) is 55.4 Å². The normalized spacial score (nSPS) is 16.5. The first-order valence-corrected chi connectivity index (χ1v) is 8.46. The van der Waals surface area contributed by atoms with Crippen LogP contribution in [0.5, 0.6) is 0 Å². The molecule has 0 saturated carbocycles. The number of carbonyl (C=O) groups excluding carboxylic acids is 2. The number of amides is 1. The van der Waals surface area contributed by atoms with Crippen LogP contribution in [-0.4, -0.2) is 18.0 Å². The van der Waals surface area contributed by atoms with Gasteiger partial charge in [-0.05, 0) is 77.0 Å². The Bertz CT molecular complexity index is 806. The molecule has 3 rings (SSSR count). The molecule has 0 saturated heterocycles. The zero-order valence-electron chi connectivity index (χ0n) is 12.2. The molecule has 2 aromatic carbocycles. The Hall–Kier alpha value is -1.60. The number of carbonyl (C=O) groups is 2. The Morgan fingerprint density at radius 1 is 1.30 bits per heavy atom. The number of nitrogens with one attached hydrogen (secondary N) is 1. The molecular weight excluding hydrogens is 429 g/mol. The van der Waals surface area contributed by atoms with Crippen molar-refractivity contribution in [3.63, 3.8) is 0 Å². The lowest BCUT2D eigenvalue weighted by Crippen LogP contribution is -2.38. The van der Waals surface area contributed by atoms with Crippen molar-refractivity contribution in [3.8, 4) is 0 Å². The van der Waals surface area contributed by atoms with Gasteiger partial charge >= 0.3 is 5.97 Å². The first kappa shape index (κ1) is 16.3. The summed E-state index contributed by atoms with van der Waals surface area (Å²) in [4.78, 5) is 24.5. The number of esters is 1. The molecule has 1 unspecified atom stereocenters. The highest BCUT2D eigenvalue weighted by molar-refractivity contribution is 14.1. The van der Waals surface area contributed by atoms with Crippen LogP contribution in [0.4, 0.5) is 5.69 Å². The van der Waals surface area contributed by atoms with Gasteiger partial charge in [0.1, 0.15) is 0 Å². The molecule has 1 N–H and O–H groups in total. The highest BCUT2D eigenvalue weighted by atomic mass is 127. The van der Waals surface area contributed by atoms with Crippen LogP contribution in [0.25, 0.3) is 0 Å². The van der Waals surface area contributed by atoms with E-state index < -0.39 is 12.1 Å². The fraction of sp³-hybridized carbons (Fsp3) is 0.176. The maximum atomic E-state index is 12.4. The average Bonchev–Trinajstić information content (AvgIpc) is 2.49. The summed E-state index contributed by atoms with van der Waals surface area (Å²) in [5.74, 6) is -0.837. The fourth-order valence-electron chi connectivity index (χ4n) is 2.49. The van der Waals surface area contributed by atoms with Crippen LogP contribution >= 0.6 is 34.2 Å². The molecule has 2 aromatic rings. The van der Waals surface area contributed by atoms with Gasteiger partial charge in [0, 0.05) is 20.7 Å². The van der Waals surface area contributed by atoms with Crippen molar-refractivity contribution >= 4 is 51.8 Å². The average molecular weight is 442 g/mol. The van der Waals surface area contributed by atoms with Gasteiger partial charge in [0.05, 0.1) is 5.56 Å². The molecule has 0 radical (unpaired) electrons. The number of cyclic esters (lactones) is 1. The minimum absolute atomic E-state index is 0.316. The van der Waals surface area contributed by atoms with Gasteiger partial charge in [0.2, 0.25) is 0 Å². The van der Waals surface area contributed by atoms with Gasteiger partial charge in [-0.15, -0.1) is 0 Å². The molecule has 1 heterocycles. The number of rotatable bonds is 2. The Kier molecular flexibility index (Phi) is 4.59. The number of aryl methyl sites for hydroxylation is 1. The first-order valence-electron chi connectivity index (χ1n) is 7.00. The molecule has 23 heavy (non-hydrogen) atoms. The van der Waals surface area contributed by atoms with Gasteiger partial charge in [-0.3, -0.25) is 4.79 Å². The zero-order valence-corrected chi connectivity index (χ0v) is 15.1. The maximum absolute atomic E-state index is 12.4. The lowest BCUT2D eigenvalue weighted by atomic mass is 9.98. The quantitative estimate of drug-likeness (QED) is 0.567. The zero-order chi connectivity index (χ0) is 16.6. The molecule has 1 atom stereocenters. The largest absolute Gasteiger partial charge is 0.448 e. The van der Waals surface area contributed by atoms with E-state index in [2.05, 4.69) is 27.9 Å². The number of hydrogen-bond acceptors (Lipinski definition) is 3. The third kappa shape index (κ3) is 3.50. The van der Waals surface area contributed by atoms with E-state index in [1.54, 1.807) is 18.2 Å². The predicted molar refractivity (Wildman–Crippen MR) is 96.9 cm³/mol. The number of fused-ring (bicyclic) bond motifs is 1. The van der Waals surface area contributed by atoms with Crippen LogP contribution in [0.2, 0.25) is 5.02 Å². The van der Waals surface area contributed by atoms with Gasteiger partial charge in [-0.25, -0.2) is 4.79 Å². The third-order valence-corrected chi connectivity index (χ3v) is 4.59. The smallest absolute Gasteiger partial charge is 0.339 e. The van der Waals surface area contributed by atoms with Crippen LogP contribution in [0.1, 0.15) is 21.5 Å². The lowest BCUT2D eigenvalue weighted by molar-refractivity contribution is -0.125. The van der Waals surface area contributed by atoms with Crippen LogP contribution < -0.4 is 5.32 Å². The second-order valence-corrected chi connectivity index (χ2v) is 7.03. The van der Waals surface area contributed by atoms with Gasteiger partial charge in [-0.2, -0.15) is 0 Å². The molecule has 0 aliphatic carbocycles. The van der Waals surface area contributed by atoms with Crippen LogP contribution in [0.15, 0.2) is 36.4 Å². The standard InChI is InChI=1S/C17H13ClINO3/c1-9-6-12(19)3-5-14(9)20-16(21)15-8-10-7-11(18)2-4-13(10)17(22)23-15/h2-7,15H,8H2,1H3,(H,20,21). The molecule has 4 nitrogen and oxygen atoms in total. The molecule has 1 aliphatic rings. The van der Waals surface area contributed by atoms with E-state index in [1.807, 2.05) is 25.1 Å². The highest BCUT2D eigenvalue weighted by Crippen LogP contribution is 2.25. The van der Waals surface area contributed by atoms with Crippen molar-refractivity contribution in [2.24, 2.45) is 0 Å². The lowest BCUT2D eigenvalue weighted by Gasteiger charge is -2.24. The summed E-state index contributed by atoms with van der Waals surface area (Å²) in [5.41, 5.74) is 2.86. The summed E-state index contributed by atoms with van der Waals surface area (Å²) >= 11 is 8.17. The van der Waals surface area contributed by atoms with E-state index in [-0.39, 0.29) is 5.91 Å². The van der Waals surface area contributed by atoms with Crippen LogP contribution in [-0.2, 0) is 16.0 Å². The van der Waals surface area contributed by atoms with Gasteiger partial charge in [0.15, 0.2) is 6.10 Å². The Morgan fingerprint density at radius 3 is 2.83 bits per heavy atom. The Morgan fingerprint density at radius 2 is 2.09 bits per heavy atom. The third-order valence-electron chi connectivity index (χ3n) is 3.68. The molecule has 0 aromatic heterocycles. The van der Waals surface area contributed by atoms with E-state index in [9.17, 15) is 9.59 Å². The van der Waals surface area contributed by atoms with Crippen molar-refractivity contribution in [1.82, 2.24) is 0 Å². The molecular formula is C17H13ClINO3. The van der Waals surface area contributed by atoms with E-state index in [4.69, 9.17) is 16.3 Å². The molecule has 0 bridgehead atoms. The second kappa shape index (κ2) is 6.49. The second-order valence-electron chi connectivity index (χ2n) is 5.35. The summed E-state index contributed by atoms with van der Waals surface area (Å²) in [6.07, 6.45) is -0.538. The van der Waals surface area contributed by atoms with Crippen LogP contribution in [0, 0.1) is 10.5 Å². The summed E-state index contributed by atoms with van der Waals surface area (Å²) in [7, 11) is 0. The number of ether oxygens (including phenoxy) is 1. The minimum atomic E-state index is -0.854. The van der Waals surface area contributed by atoms with Crippen molar-refractivity contribution < 1.29 is 14.3 Å². The van der Waals surface area contributed by atoms with E-state index in [0.29, 0.717) is 22.7 Å². The summed E-state index contributed by atoms with van der Waals surface area (Å²) in [6.45, 7) is 1.92. The molecule has 0 fully saturated rings. The van der Waals surface area contributed by atoms with Crippen molar-refractivity contribution in [1.29, 1.82) is 0 Å². The van der Waals surface area contributed by atoms with Gasteiger partial charge < -0.3 is 10.1 Å². The first-order chi connectivity index (χ1) is 10.9. The van der Waals surface area contributed by atoms with Crippen molar-refractivity contribution in [3.05, 3.63) is 61.7 Å². The van der Waals surface area contributed by atoms with Gasteiger partial charge in [-0.1, -0.05) is 11.6 Å². The fourth-order valence-corrected chi connectivity index (χ4v) is 3.33. The SMILES string of the molecule is Cc1cc(I)ccc1NC(=O)C1Cc2cc(Cl)ccc2C(=O)O1. The molecule has 1 aliphatic heterocycles. The van der Waals surface area contributed by atoms with Crippen molar-refractivity contribution in [2.45, 2.75) is 19.4 Å².